The fourth-order valence-corrected chi connectivity index (χ4v) is 5.65. The van der Waals surface area contributed by atoms with Crippen molar-refractivity contribution >= 4 is 41.9 Å². The van der Waals surface area contributed by atoms with Gasteiger partial charge in [0.15, 0.2) is 0 Å². The molecule has 0 aromatic heterocycles. The van der Waals surface area contributed by atoms with E-state index in [1.165, 1.54) is 4.31 Å². The molecule has 4 nitrogen and oxygen atoms in total. The van der Waals surface area contributed by atoms with Crippen LogP contribution < -0.4 is 0 Å². The highest BCUT2D eigenvalue weighted by atomic mass is 79.9. The minimum absolute atomic E-state index is 0.223. The monoisotopic (exact) mass is 425 g/mol. The summed E-state index contributed by atoms with van der Waals surface area (Å²) in [4.78, 5) is 0.223. The van der Waals surface area contributed by atoms with E-state index in [9.17, 15) is 13.5 Å². The average molecular weight is 427 g/mol. The fraction of sp³-hybridized carbons (Fsp3) is 0.538. The second kappa shape index (κ2) is 6.44. The molecule has 0 aliphatic heterocycles. The van der Waals surface area contributed by atoms with Gasteiger partial charge >= 0.3 is 0 Å². The Hall–Kier alpha value is 0.0500. The standard InChI is InChI=1S/C13H17Br2NO3S/c1-16(11-4-2-3-5-12(11)17)20(18,19)13-7-6-9(14)8-10(13)15/h6-8,11-12,17H,2-5H2,1H3. The Morgan fingerprint density at radius 3 is 2.50 bits per heavy atom. The normalized spacial score (nSPS) is 24.1. The van der Waals surface area contributed by atoms with Crippen molar-refractivity contribution in [2.24, 2.45) is 0 Å². The smallest absolute Gasteiger partial charge is 0.244 e. The first kappa shape index (κ1) is 16.4. The van der Waals surface area contributed by atoms with Gasteiger partial charge in [-0.05, 0) is 47.0 Å². The van der Waals surface area contributed by atoms with Crippen molar-refractivity contribution in [2.45, 2.75) is 42.7 Å². The third-order valence-corrected chi connectivity index (χ3v) is 7.06. The molecule has 112 valence electrons. The second-order valence-corrected chi connectivity index (χ2v) is 8.75. The molecule has 0 radical (unpaired) electrons. The van der Waals surface area contributed by atoms with E-state index in [-0.39, 0.29) is 10.9 Å². The SMILES string of the molecule is CN(C1CCCCC1O)S(=O)(=O)c1ccc(Br)cc1Br. The number of aliphatic hydroxyl groups excluding tert-OH is 1. The zero-order valence-corrected chi connectivity index (χ0v) is 15.1. The van der Waals surface area contributed by atoms with Gasteiger partial charge in [-0.1, -0.05) is 28.8 Å². The summed E-state index contributed by atoms with van der Waals surface area (Å²) in [6.45, 7) is 0. The highest BCUT2D eigenvalue weighted by molar-refractivity contribution is 9.11. The second-order valence-electron chi connectivity index (χ2n) is 5.02. The lowest BCUT2D eigenvalue weighted by atomic mass is 9.93. The Bertz CT molecular complexity index is 591. The number of sulfonamides is 1. The predicted molar refractivity (Wildman–Crippen MR) is 85.1 cm³/mol. The third-order valence-electron chi connectivity index (χ3n) is 3.71. The number of likely N-dealkylation sites (N-methyl/N-ethyl adjacent to an activating group) is 1. The summed E-state index contributed by atoms with van der Waals surface area (Å²) in [6.07, 6.45) is 2.67. The third kappa shape index (κ3) is 3.27. The van der Waals surface area contributed by atoms with E-state index >= 15 is 0 Å². The first-order valence-electron chi connectivity index (χ1n) is 6.45. The molecule has 20 heavy (non-hydrogen) atoms. The molecule has 1 fully saturated rings. The molecule has 0 heterocycles. The molecule has 1 N–H and O–H groups in total. The van der Waals surface area contributed by atoms with Crippen molar-refractivity contribution in [3.63, 3.8) is 0 Å². The topological polar surface area (TPSA) is 57.6 Å². The van der Waals surface area contributed by atoms with Gasteiger partial charge in [-0.15, -0.1) is 0 Å². The molecular weight excluding hydrogens is 410 g/mol. The number of rotatable bonds is 3. The minimum Gasteiger partial charge on any atom is -0.391 e. The van der Waals surface area contributed by atoms with Gasteiger partial charge in [-0.3, -0.25) is 0 Å². The zero-order valence-electron chi connectivity index (χ0n) is 11.1. The maximum absolute atomic E-state index is 12.7. The summed E-state index contributed by atoms with van der Waals surface area (Å²) >= 11 is 6.60. The quantitative estimate of drug-likeness (QED) is 0.807. The van der Waals surface area contributed by atoms with Crippen LogP contribution in [-0.4, -0.2) is 37.0 Å². The molecule has 1 aliphatic carbocycles. The van der Waals surface area contributed by atoms with Crippen LogP contribution in [0.15, 0.2) is 32.0 Å². The molecule has 1 aromatic rings. The molecule has 2 unspecified atom stereocenters. The number of nitrogens with zero attached hydrogens (tertiary/aromatic N) is 1. The Balaban J connectivity index is 2.33. The molecule has 2 rings (SSSR count). The van der Waals surface area contributed by atoms with Crippen LogP contribution in [0.25, 0.3) is 0 Å². The number of halogens is 2. The lowest BCUT2D eigenvalue weighted by Gasteiger charge is -2.34. The van der Waals surface area contributed by atoms with E-state index in [0.717, 1.165) is 17.3 Å². The van der Waals surface area contributed by atoms with E-state index in [0.29, 0.717) is 17.3 Å². The summed E-state index contributed by atoms with van der Waals surface area (Å²) in [6, 6.07) is 4.63. The zero-order chi connectivity index (χ0) is 14.9. The van der Waals surface area contributed by atoms with Gasteiger partial charge in [-0.25, -0.2) is 8.42 Å². The Morgan fingerprint density at radius 2 is 1.90 bits per heavy atom. The van der Waals surface area contributed by atoms with Gasteiger partial charge < -0.3 is 5.11 Å². The predicted octanol–water partition coefficient (Wildman–Crippen LogP) is 3.14. The van der Waals surface area contributed by atoms with Crippen LogP contribution >= 0.6 is 31.9 Å². The molecular formula is C13H17Br2NO3S. The molecule has 0 saturated heterocycles. The van der Waals surface area contributed by atoms with Crippen LogP contribution in [0.3, 0.4) is 0 Å². The summed E-state index contributed by atoms with van der Waals surface area (Å²) in [7, 11) is -2.07. The van der Waals surface area contributed by atoms with Gasteiger partial charge in [0.2, 0.25) is 10.0 Å². The summed E-state index contributed by atoms with van der Waals surface area (Å²) in [5.41, 5.74) is 0. The fourth-order valence-electron chi connectivity index (χ4n) is 2.53. The van der Waals surface area contributed by atoms with Gasteiger partial charge in [0.25, 0.3) is 0 Å². The molecule has 0 spiro atoms. The molecule has 2 atom stereocenters. The number of hydrogen-bond acceptors (Lipinski definition) is 3. The number of benzene rings is 1. The molecule has 1 aromatic carbocycles. The summed E-state index contributed by atoms with van der Waals surface area (Å²) < 4.78 is 28.0. The van der Waals surface area contributed by atoms with Crippen molar-refractivity contribution in [3.05, 3.63) is 27.1 Å². The van der Waals surface area contributed by atoms with Gasteiger partial charge in [0, 0.05) is 16.0 Å². The van der Waals surface area contributed by atoms with Crippen molar-refractivity contribution in [1.82, 2.24) is 4.31 Å². The Kier molecular flexibility index (Phi) is 5.29. The van der Waals surface area contributed by atoms with E-state index in [1.807, 2.05) is 0 Å². The first-order valence-corrected chi connectivity index (χ1v) is 9.48. The largest absolute Gasteiger partial charge is 0.391 e. The van der Waals surface area contributed by atoms with Crippen molar-refractivity contribution < 1.29 is 13.5 Å². The van der Waals surface area contributed by atoms with Gasteiger partial charge in [0.1, 0.15) is 0 Å². The number of aliphatic hydroxyl groups is 1. The van der Waals surface area contributed by atoms with Crippen LogP contribution in [0.2, 0.25) is 0 Å². The van der Waals surface area contributed by atoms with Crippen LogP contribution in [0.4, 0.5) is 0 Å². The van der Waals surface area contributed by atoms with Gasteiger partial charge in [-0.2, -0.15) is 4.31 Å². The lowest BCUT2D eigenvalue weighted by molar-refractivity contribution is 0.0638. The molecule has 0 amide bonds. The maximum Gasteiger partial charge on any atom is 0.244 e. The molecule has 1 saturated carbocycles. The highest BCUT2D eigenvalue weighted by Crippen LogP contribution is 2.31. The Morgan fingerprint density at radius 1 is 1.25 bits per heavy atom. The molecule has 0 bridgehead atoms. The van der Waals surface area contributed by atoms with Crippen molar-refractivity contribution in [2.75, 3.05) is 7.05 Å². The van der Waals surface area contributed by atoms with Crippen LogP contribution in [0.1, 0.15) is 25.7 Å². The average Bonchev–Trinajstić information content (AvgIpc) is 2.38. The van der Waals surface area contributed by atoms with Crippen LogP contribution in [0.5, 0.6) is 0 Å². The number of hydrogen-bond donors (Lipinski definition) is 1. The maximum atomic E-state index is 12.7. The highest BCUT2D eigenvalue weighted by Gasteiger charge is 2.35. The Labute approximate surface area is 136 Å². The summed E-state index contributed by atoms with van der Waals surface area (Å²) in [5, 5.41) is 10.0. The van der Waals surface area contributed by atoms with Crippen molar-refractivity contribution in [1.29, 1.82) is 0 Å². The van der Waals surface area contributed by atoms with E-state index in [4.69, 9.17) is 0 Å². The van der Waals surface area contributed by atoms with Crippen LogP contribution in [0, 0.1) is 0 Å². The van der Waals surface area contributed by atoms with Crippen LogP contribution in [-0.2, 0) is 10.0 Å². The minimum atomic E-state index is -3.61. The van der Waals surface area contributed by atoms with E-state index in [1.54, 1.807) is 25.2 Å². The first-order chi connectivity index (χ1) is 9.34. The lowest BCUT2D eigenvalue weighted by Crippen LogP contribution is -2.46. The molecule has 1 aliphatic rings. The van der Waals surface area contributed by atoms with E-state index < -0.39 is 16.1 Å². The van der Waals surface area contributed by atoms with Gasteiger partial charge in [0.05, 0.1) is 17.0 Å². The van der Waals surface area contributed by atoms with E-state index in [2.05, 4.69) is 31.9 Å². The van der Waals surface area contributed by atoms with Crippen molar-refractivity contribution in [3.8, 4) is 0 Å². The molecule has 7 heteroatoms. The summed E-state index contributed by atoms with van der Waals surface area (Å²) in [5.74, 6) is 0.